The van der Waals surface area contributed by atoms with Crippen molar-refractivity contribution in [1.29, 1.82) is 5.26 Å². The van der Waals surface area contributed by atoms with E-state index in [2.05, 4.69) is 5.10 Å². The molecule has 5 nitrogen and oxygen atoms in total. The van der Waals surface area contributed by atoms with Gasteiger partial charge in [0, 0.05) is 11.8 Å². The third-order valence-corrected chi connectivity index (χ3v) is 3.76. The van der Waals surface area contributed by atoms with Crippen molar-refractivity contribution in [1.82, 2.24) is 9.78 Å². The molecule has 124 valence electrons. The fourth-order valence-electron chi connectivity index (χ4n) is 2.52. The van der Waals surface area contributed by atoms with Gasteiger partial charge in [-0.2, -0.15) is 10.4 Å². The van der Waals surface area contributed by atoms with Gasteiger partial charge < -0.3 is 4.74 Å². The first kappa shape index (κ1) is 16.5. The van der Waals surface area contributed by atoms with Crippen LogP contribution in [0.25, 0.3) is 11.3 Å². The molecule has 0 fully saturated rings. The number of ether oxygens (including phenoxy) is 1. The Morgan fingerprint density at radius 2 is 1.88 bits per heavy atom. The highest BCUT2D eigenvalue weighted by Crippen LogP contribution is 2.24. The first-order valence-corrected chi connectivity index (χ1v) is 7.90. The van der Waals surface area contributed by atoms with Crippen LogP contribution in [0.1, 0.15) is 21.5 Å². The zero-order chi connectivity index (χ0) is 17.6. The maximum absolute atomic E-state index is 12.3. The number of aryl methyl sites for hydroxylation is 1. The molecule has 0 saturated carbocycles. The quantitative estimate of drug-likeness (QED) is 0.670. The summed E-state index contributed by atoms with van der Waals surface area (Å²) in [7, 11) is 0. The van der Waals surface area contributed by atoms with Crippen LogP contribution in [0.2, 0.25) is 0 Å². The number of nitriles is 1. The summed E-state index contributed by atoms with van der Waals surface area (Å²) in [6.45, 7) is 2.27. The van der Waals surface area contributed by atoms with Crippen molar-refractivity contribution in [3.05, 3.63) is 77.5 Å². The van der Waals surface area contributed by atoms with E-state index in [1.165, 1.54) is 0 Å². The SMILES string of the molecule is Cc1ccc(-c2nn(Cc3ccccc3)cc2C(=O)OCC#N)cc1. The third kappa shape index (κ3) is 3.93. The van der Waals surface area contributed by atoms with Gasteiger partial charge in [-0.3, -0.25) is 4.68 Å². The molecule has 5 heteroatoms. The minimum atomic E-state index is -0.545. The largest absolute Gasteiger partial charge is 0.447 e. The molecule has 3 aromatic rings. The molecule has 0 radical (unpaired) electrons. The molecule has 0 aliphatic rings. The number of nitrogens with zero attached hydrogens (tertiary/aromatic N) is 3. The van der Waals surface area contributed by atoms with Crippen LogP contribution in [-0.2, 0) is 11.3 Å². The van der Waals surface area contributed by atoms with E-state index in [4.69, 9.17) is 10.00 Å². The first-order chi connectivity index (χ1) is 12.2. The van der Waals surface area contributed by atoms with Crippen LogP contribution in [0.4, 0.5) is 0 Å². The lowest BCUT2D eigenvalue weighted by atomic mass is 10.1. The van der Waals surface area contributed by atoms with Crippen molar-refractivity contribution in [2.24, 2.45) is 0 Å². The van der Waals surface area contributed by atoms with E-state index in [1.54, 1.807) is 10.9 Å². The predicted octanol–water partition coefficient (Wildman–Crippen LogP) is 3.59. The number of hydrogen-bond acceptors (Lipinski definition) is 4. The van der Waals surface area contributed by atoms with Crippen molar-refractivity contribution in [3.63, 3.8) is 0 Å². The number of aromatic nitrogens is 2. The van der Waals surface area contributed by atoms with E-state index in [1.807, 2.05) is 67.6 Å². The highest BCUT2D eigenvalue weighted by atomic mass is 16.5. The minimum Gasteiger partial charge on any atom is -0.447 e. The molecule has 1 heterocycles. The van der Waals surface area contributed by atoms with Crippen molar-refractivity contribution < 1.29 is 9.53 Å². The van der Waals surface area contributed by atoms with E-state index in [0.29, 0.717) is 17.8 Å². The van der Waals surface area contributed by atoms with Gasteiger partial charge >= 0.3 is 5.97 Å². The molecular weight excluding hydrogens is 314 g/mol. The molecule has 0 saturated heterocycles. The van der Waals surface area contributed by atoms with E-state index in [9.17, 15) is 4.79 Å². The van der Waals surface area contributed by atoms with Gasteiger partial charge in [0.1, 0.15) is 17.3 Å². The van der Waals surface area contributed by atoms with Crippen molar-refractivity contribution in [3.8, 4) is 17.3 Å². The van der Waals surface area contributed by atoms with Crippen molar-refractivity contribution >= 4 is 5.97 Å². The lowest BCUT2D eigenvalue weighted by Gasteiger charge is -2.02. The number of benzene rings is 2. The van der Waals surface area contributed by atoms with E-state index in [0.717, 1.165) is 16.7 Å². The van der Waals surface area contributed by atoms with Crippen LogP contribution in [0.5, 0.6) is 0 Å². The molecule has 0 N–H and O–H groups in total. The summed E-state index contributed by atoms with van der Waals surface area (Å²) in [5.74, 6) is -0.545. The molecule has 25 heavy (non-hydrogen) atoms. The van der Waals surface area contributed by atoms with E-state index >= 15 is 0 Å². The zero-order valence-corrected chi connectivity index (χ0v) is 13.8. The smallest absolute Gasteiger partial charge is 0.343 e. The molecule has 0 atom stereocenters. The van der Waals surface area contributed by atoms with Crippen LogP contribution >= 0.6 is 0 Å². The molecular formula is C20H17N3O2. The average molecular weight is 331 g/mol. The topological polar surface area (TPSA) is 67.9 Å². The number of carbonyl (C=O) groups is 1. The molecule has 0 bridgehead atoms. The summed E-state index contributed by atoms with van der Waals surface area (Å²) in [4.78, 5) is 12.3. The van der Waals surface area contributed by atoms with Crippen molar-refractivity contribution in [2.45, 2.75) is 13.5 Å². The van der Waals surface area contributed by atoms with Crippen LogP contribution in [-0.4, -0.2) is 22.4 Å². The molecule has 0 unspecified atom stereocenters. The second kappa shape index (κ2) is 7.45. The summed E-state index contributed by atoms with van der Waals surface area (Å²) >= 11 is 0. The van der Waals surface area contributed by atoms with Gasteiger partial charge in [0.2, 0.25) is 0 Å². The summed E-state index contributed by atoms with van der Waals surface area (Å²) in [5, 5.41) is 13.2. The monoisotopic (exact) mass is 331 g/mol. The molecule has 0 spiro atoms. The lowest BCUT2D eigenvalue weighted by Crippen LogP contribution is -2.05. The van der Waals surface area contributed by atoms with Crippen LogP contribution in [0.3, 0.4) is 0 Å². The van der Waals surface area contributed by atoms with Gasteiger partial charge in [0.15, 0.2) is 6.61 Å². The fraction of sp³-hybridized carbons (Fsp3) is 0.150. The Morgan fingerprint density at radius 3 is 2.56 bits per heavy atom. The lowest BCUT2D eigenvalue weighted by molar-refractivity contribution is 0.0556. The second-order valence-corrected chi connectivity index (χ2v) is 5.67. The van der Waals surface area contributed by atoms with Gasteiger partial charge in [-0.05, 0) is 12.5 Å². The Hall–Kier alpha value is -3.39. The summed E-state index contributed by atoms with van der Waals surface area (Å²) in [5.41, 5.74) is 3.95. The van der Waals surface area contributed by atoms with Gasteiger partial charge in [0.05, 0.1) is 6.54 Å². The maximum atomic E-state index is 12.3. The number of esters is 1. The van der Waals surface area contributed by atoms with Gasteiger partial charge in [-0.1, -0.05) is 60.2 Å². The van der Waals surface area contributed by atoms with Gasteiger partial charge in [-0.25, -0.2) is 4.79 Å². The summed E-state index contributed by atoms with van der Waals surface area (Å²) in [6.07, 6.45) is 1.67. The van der Waals surface area contributed by atoms with Crippen LogP contribution in [0.15, 0.2) is 60.8 Å². The van der Waals surface area contributed by atoms with Crippen molar-refractivity contribution in [2.75, 3.05) is 6.61 Å². The normalized spacial score (nSPS) is 10.2. The maximum Gasteiger partial charge on any atom is 0.343 e. The average Bonchev–Trinajstić information content (AvgIpc) is 3.05. The highest BCUT2D eigenvalue weighted by Gasteiger charge is 2.19. The van der Waals surface area contributed by atoms with Crippen LogP contribution < -0.4 is 0 Å². The standard InChI is InChI=1S/C20H17N3O2/c1-15-7-9-17(10-8-15)19-18(20(24)25-12-11-21)14-23(22-19)13-16-5-3-2-4-6-16/h2-10,14H,12-13H2,1H3. The molecule has 3 rings (SSSR count). The van der Waals surface area contributed by atoms with Gasteiger partial charge in [0.25, 0.3) is 0 Å². The predicted molar refractivity (Wildman–Crippen MR) is 93.8 cm³/mol. The number of rotatable bonds is 5. The van der Waals surface area contributed by atoms with E-state index < -0.39 is 5.97 Å². The molecule has 1 aromatic heterocycles. The minimum absolute atomic E-state index is 0.282. The third-order valence-electron chi connectivity index (χ3n) is 3.76. The van der Waals surface area contributed by atoms with E-state index in [-0.39, 0.29) is 6.61 Å². The molecule has 0 amide bonds. The Bertz CT molecular complexity index is 906. The molecule has 0 aliphatic heterocycles. The Kier molecular flexibility index (Phi) is 4.91. The Labute approximate surface area is 146 Å². The zero-order valence-electron chi connectivity index (χ0n) is 13.8. The van der Waals surface area contributed by atoms with Gasteiger partial charge in [-0.15, -0.1) is 0 Å². The Balaban J connectivity index is 1.97. The Morgan fingerprint density at radius 1 is 1.16 bits per heavy atom. The summed E-state index contributed by atoms with van der Waals surface area (Å²) in [6, 6.07) is 19.5. The highest BCUT2D eigenvalue weighted by molar-refractivity contribution is 5.96. The second-order valence-electron chi connectivity index (χ2n) is 5.67. The number of hydrogen-bond donors (Lipinski definition) is 0. The first-order valence-electron chi connectivity index (χ1n) is 7.90. The summed E-state index contributed by atoms with van der Waals surface area (Å²) < 4.78 is 6.69. The fourth-order valence-corrected chi connectivity index (χ4v) is 2.52. The van der Waals surface area contributed by atoms with Crippen LogP contribution in [0, 0.1) is 18.3 Å². The molecule has 2 aromatic carbocycles. The molecule has 0 aliphatic carbocycles. The number of carbonyl (C=O) groups excluding carboxylic acids is 1.